The van der Waals surface area contributed by atoms with Gasteiger partial charge in [0.05, 0.1) is 13.2 Å². The van der Waals surface area contributed by atoms with E-state index in [1.54, 1.807) is 35.7 Å². The van der Waals surface area contributed by atoms with E-state index >= 15 is 0 Å². The number of hydrogen-bond acceptors (Lipinski definition) is 7. The molecule has 1 amide bonds. The maximum absolute atomic E-state index is 11.5. The number of hydrogen-bond donors (Lipinski definition) is 1. The molecule has 1 saturated heterocycles. The van der Waals surface area contributed by atoms with E-state index in [2.05, 4.69) is 16.9 Å². The fourth-order valence-electron chi connectivity index (χ4n) is 2.24. The predicted molar refractivity (Wildman–Crippen MR) is 83.4 cm³/mol. The highest BCUT2D eigenvalue weighted by atomic mass is 16.9. The lowest BCUT2D eigenvalue weighted by molar-refractivity contribution is -0.577. The van der Waals surface area contributed by atoms with Crippen LogP contribution in [-0.4, -0.2) is 42.2 Å². The zero-order valence-corrected chi connectivity index (χ0v) is 13.7. The Morgan fingerprint density at radius 1 is 1.48 bits per heavy atom. The SMILES string of the molecule is CCC(C)N1OC(c2cccc(C(=NOC)C(N)=O)c2)N1OC. The Morgan fingerprint density at radius 2 is 2.22 bits per heavy atom. The summed E-state index contributed by atoms with van der Waals surface area (Å²) in [5, 5.41) is 7.00. The van der Waals surface area contributed by atoms with Crippen LogP contribution in [0.2, 0.25) is 0 Å². The van der Waals surface area contributed by atoms with E-state index in [9.17, 15) is 4.79 Å². The molecule has 1 aliphatic heterocycles. The van der Waals surface area contributed by atoms with E-state index in [1.807, 2.05) is 13.0 Å². The largest absolute Gasteiger partial charge is 0.398 e. The summed E-state index contributed by atoms with van der Waals surface area (Å²) in [6, 6.07) is 7.36. The second-order valence-electron chi connectivity index (χ2n) is 5.11. The van der Waals surface area contributed by atoms with Gasteiger partial charge in [-0.15, -0.1) is 0 Å². The number of oxime groups is 1. The summed E-state index contributed by atoms with van der Waals surface area (Å²) < 4.78 is 0. The molecule has 1 aromatic rings. The summed E-state index contributed by atoms with van der Waals surface area (Å²) in [4.78, 5) is 27.3. The molecule has 126 valence electrons. The number of hydrazine groups is 1. The van der Waals surface area contributed by atoms with E-state index in [0.29, 0.717) is 5.56 Å². The average molecular weight is 322 g/mol. The van der Waals surface area contributed by atoms with Gasteiger partial charge in [0.1, 0.15) is 7.11 Å². The van der Waals surface area contributed by atoms with Crippen LogP contribution in [-0.2, 0) is 19.3 Å². The molecule has 2 N–H and O–H groups in total. The molecule has 0 spiro atoms. The molecule has 8 nitrogen and oxygen atoms in total. The Balaban J connectivity index is 2.24. The summed E-state index contributed by atoms with van der Waals surface area (Å²) >= 11 is 0. The van der Waals surface area contributed by atoms with Crippen LogP contribution >= 0.6 is 0 Å². The van der Waals surface area contributed by atoms with Gasteiger partial charge >= 0.3 is 0 Å². The minimum Gasteiger partial charge on any atom is -0.398 e. The van der Waals surface area contributed by atoms with Gasteiger partial charge < -0.3 is 10.6 Å². The second-order valence-corrected chi connectivity index (χ2v) is 5.11. The lowest BCUT2D eigenvalue weighted by Gasteiger charge is -2.49. The Hall–Kier alpha value is -2.00. The summed E-state index contributed by atoms with van der Waals surface area (Å²) in [5.74, 6) is -0.664. The van der Waals surface area contributed by atoms with Crippen LogP contribution in [0, 0.1) is 0 Å². The topological polar surface area (TPSA) is 89.6 Å². The van der Waals surface area contributed by atoms with Gasteiger partial charge in [0.2, 0.25) is 0 Å². The molecule has 23 heavy (non-hydrogen) atoms. The maximum atomic E-state index is 11.5. The van der Waals surface area contributed by atoms with Crippen molar-refractivity contribution in [2.75, 3.05) is 14.2 Å². The molecule has 2 atom stereocenters. The summed E-state index contributed by atoms with van der Waals surface area (Å²) in [6.07, 6.45) is 0.518. The van der Waals surface area contributed by atoms with Gasteiger partial charge in [-0.3, -0.25) is 14.5 Å². The summed E-state index contributed by atoms with van der Waals surface area (Å²) in [6.45, 7) is 4.10. The molecule has 0 radical (unpaired) electrons. The maximum Gasteiger partial charge on any atom is 0.271 e. The number of primary amides is 1. The van der Waals surface area contributed by atoms with Crippen molar-refractivity contribution in [3.8, 4) is 0 Å². The molecule has 1 aliphatic rings. The van der Waals surface area contributed by atoms with Gasteiger partial charge in [-0.1, -0.05) is 40.6 Å². The number of carbonyl (C=O) groups is 1. The minimum atomic E-state index is -0.664. The van der Waals surface area contributed by atoms with Gasteiger partial charge in [0.25, 0.3) is 5.91 Å². The number of nitrogens with zero attached hydrogens (tertiary/aromatic N) is 3. The Bertz CT molecular complexity index is 593. The molecule has 2 unspecified atom stereocenters. The van der Waals surface area contributed by atoms with Crippen molar-refractivity contribution in [1.29, 1.82) is 0 Å². The van der Waals surface area contributed by atoms with Crippen LogP contribution in [0.1, 0.15) is 37.6 Å². The molecule has 1 fully saturated rings. The van der Waals surface area contributed by atoms with Crippen molar-refractivity contribution >= 4 is 11.6 Å². The van der Waals surface area contributed by atoms with Gasteiger partial charge in [0.15, 0.2) is 11.9 Å². The van der Waals surface area contributed by atoms with E-state index in [-0.39, 0.29) is 11.8 Å². The molecule has 0 saturated carbocycles. The molecule has 0 bridgehead atoms. The third kappa shape index (κ3) is 3.50. The molecule has 2 rings (SSSR count). The van der Waals surface area contributed by atoms with Gasteiger partial charge in [0, 0.05) is 11.1 Å². The highest BCUT2D eigenvalue weighted by Gasteiger charge is 2.42. The standard InChI is InChI=1S/C15H22N4O4/c1-5-10(2)18-19(22-4)15(23-18)12-8-6-7-11(9-12)13(14(16)20)17-21-3/h6-10,15H,5H2,1-4H3,(H2,16,20). The molecular formula is C15H22N4O4. The highest BCUT2D eigenvalue weighted by Crippen LogP contribution is 2.36. The number of carbonyl (C=O) groups excluding carboxylic acids is 1. The molecule has 0 aromatic heterocycles. The normalized spacial score (nSPS) is 20.9. The smallest absolute Gasteiger partial charge is 0.271 e. The van der Waals surface area contributed by atoms with Crippen LogP contribution in [0.5, 0.6) is 0 Å². The molecule has 8 heteroatoms. The monoisotopic (exact) mass is 322 g/mol. The summed E-state index contributed by atoms with van der Waals surface area (Å²) in [7, 11) is 2.94. The van der Waals surface area contributed by atoms with Crippen LogP contribution in [0.25, 0.3) is 0 Å². The molecular weight excluding hydrogens is 300 g/mol. The number of nitrogens with two attached hydrogens (primary N) is 1. The zero-order chi connectivity index (χ0) is 17.0. The van der Waals surface area contributed by atoms with E-state index in [1.165, 1.54) is 7.11 Å². The lowest BCUT2D eigenvalue weighted by Crippen LogP contribution is -2.59. The second kappa shape index (κ2) is 7.51. The zero-order valence-electron chi connectivity index (χ0n) is 13.7. The first-order valence-corrected chi connectivity index (χ1v) is 7.34. The van der Waals surface area contributed by atoms with Crippen LogP contribution in [0.3, 0.4) is 0 Å². The van der Waals surface area contributed by atoms with Crippen LogP contribution in [0.15, 0.2) is 29.4 Å². The first kappa shape index (κ1) is 17.4. The minimum absolute atomic E-state index is 0.0522. The van der Waals surface area contributed by atoms with Crippen molar-refractivity contribution in [2.24, 2.45) is 10.9 Å². The molecule has 1 aromatic carbocycles. The first-order valence-electron chi connectivity index (χ1n) is 7.34. The van der Waals surface area contributed by atoms with Crippen molar-refractivity contribution < 1.29 is 19.3 Å². The number of benzene rings is 1. The Labute approximate surface area is 135 Å². The predicted octanol–water partition coefficient (Wildman–Crippen LogP) is 1.35. The number of hydroxylamine groups is 2. The van der Waals surface area contributed by atoms with Gasteiger partial charge in [-0.25, -0.2) is 0 Å². The van der Waals surface area contributed by atoms with Crippen molar-refractivity contribution in [3.05, 3.63) is 35.4 Å². The van der Waals surface area contributed by atoms with Gasteiger partial charge in [-0.2, -0.15) is 0 Å². The lowest BCUT2D eigenvalue weighted by atomic mass is 10.1. The fourth-order valence-corrected chi connectivity index (χ4v) is 2.24. The van der Waals surface area contributed by atoms with E-state index in [4.69, 9.17) is 15.4 Å². The van der Waals surface area contributed by atoms with Crippen molar-refractivity contribution in [2.45, 2.75) is 32.5 Å². The van der Waals surface area contributed by atoms with E-state index in [0.717, 1.165) is 12.0 Å². The van der Waals surface area contributed by atoms with E-state index < -0.39 is 12.1 Å². The quantitative estimate of drug-likeness (QED) is 0.602. The average Bonchev–Trinajstić information content (AvgIpc) is 2.51. The van der Waals surface area contributed by atoms with Gasteiger partial charge in [-0.05, 0) is 19.4 Å². The Morgan fingerprint density at radius 3 is 2.78 bits per heavy atom. The van der Waals surface area contributed by atoms with Crippen LogP contribution < -0.4 is 5.73 Å². The molecule has 0 aliphatic carbocycles. The third-order valence-electron chi connectivity index (χ3n) is 3.62. The number of rotatable bonds is 7. The number of amides is 1. The van der Waals surface area contributed by atoms with Crippen molar-refractivity contribution in [3.63, 3.8) is 0 Å². The van der Waals surface area contributed by atoms with Crippen LogP contribution in [0.4, 0.5) is 0 Å². The van der Waals surface area contributed by atoms with Crippen molar-refractivity contribution in [1.82, 2.24) is 10.3 Å². The molecule has 1 heterocycles. The Kier molecular flexibility index (Phi) is 5.67. The first-order chi connectivity index (χ1) is 11.0. The fraction of sp³-hybridized carbons (Fsp3) is 0.467. The third-order valence-corrected chi connectivity index (χ3v) is 3.62. The summed E-state index contributed by atoms with van der Waals surface area (Å²) in [5.41, 5.74) is 6.76. The highest BCUT2D eigenvalue weighted by molar-refractivity contribution is 6.44.